The van der Waals surface area contributed by atoms with Crippen molar-refractivity contribution in [2.75, 3.05) is 13.2 Å². The van der Waals surface area contributed by atoms with E-state index in [1.165, 1.54) is 122 Å². The Bertz CT molecular complexity index is 931. The summed E-state index contributed by atoms with van der Waals surface area (Å²) in [6, 6.07) is -0.563. The number of amides is 1. The third kappa shape index (κ3) is 43.5. The summed E-state index contributed by atoms with van der Waals surface area (Å²) in [5, 5.41) is 23.2. The number of ether oxygens (including phenoxy) is 1. The van der Waals surface area contributed by atoms with E-state index in [1.54, 1.807) is 0 Å². The van der Waals surface area contributed by atoms with E-state index in [4.69, 9.17) is 4.74 Å². The van der Waals surface area contributed by atoms with Gasteiger partial charge in [-0.05, 0) is 77.0 Å². The van der Waals surface area contributed by atoms with Crippen LogP contribution in [0.2, 0.25) is 0 Å². The van der Waals surface area contributed by atoms with Gasteiger partial charge in [-0.3, -0.25) is 9.59 Å². The zero-order chi connectivity index (χ0) is 41.5. The minimum atomic E-state index is -0.683. The summed E-state index contributed by atoms with van der Waals surface area (Å²) >= 11 is 0. The topological polar surface area (TPSA) is 95.9 Å². The van der Waals surface area contributed by atoms with Gasteiger partial charge in [0.25, 0.3) is 0 Å². The molecule has 0 aliphatic rings. The summed E-state index contributed by atoms with van der Waals surface area (Å²) in [6.07, 6.45) is 55.4. The molecule has 0 aromatic carbocycles. The lowest BCUT2D eigenvalue weighted by Crippen LogP contribution is -2.45. The monoisotopic (exact) mass is 802 g/mol. The molecule has 1 amide bonds. The third-order valence-corrected chi connectivity index (χ3v) is 11.1. The summed E-state index contributed by atoms with van der Waals surface area (Å²) in [7, 11) is 0. The molecule has 57 heavy (non-hydrogen) atoms. The Balaban J connectivity index is 3.54. The molecule has 0 heterocycles. The van der Waals surface area contributed by atoms with E-state index >= 15 is 0 Å². The average molecular weight is 802 g/mol. The number of carbonyl (C=O) groups is 2. The van der Waals surface area contributed by atoms with Gasteiger partial charge in [0, 0.05) is 12.8 Å². The lowest BCUT2D eigenvalue weighted by Gasteiger charge is -2.22. The smallest absolute Gasteiger partial charge is 0.305 e. The maximum atomic E-state index is 12.4. The van der Waals surface area contributed by atoms with Crippen LogP contribution in [-0.2, 0) is 14.3 Å². The first-order valence-electron chi connectivity index (χ1n) is 24.7. The van der Waals surface area contributed by atoms with Gasteiger partial charge in [0.2, 0.25) is 5.91 Å². The number of hydrogen-bond donors (Lipinski definition) is 3. The van der Waals surface area contributed by atoms with Gasteiger partial charge in [0.05, 0.1) is 25.4 Å². The van der Waals surface area contributed by atoms with Crippen LogP contribution < -0.4 is 5.32 Å². The molecule has 2 atom stereocenters. The van der Waals surface area contributed by atoms with E-state index < -0.39 is 12.1 Å². The second-order valence-corrected chi connectivity index (χ2v) is 16.8. The molecule has 0 fully saturated rings. The molecule has 334 valence electrons. The maximum Gasteiger partial charge on any atom is 0.305 e. The van der Waals surface area contributed by atoms with E-state index in [0.29, 0.717) is 25.9 Å². The first-order chi connectivity index (χ1) is 28.0. The molecule has 2 unspecified atom stereocenters. The fourth-order valence-corrected chi connectivity index (χ4v) is 7.32. The number of aliphatic hydroxyl groups is 2. The van der Waals surface area contributed by atoms with E-state index in [-0.39, 0.29) is 18.5 Å². The molecule has 0 aromatic heterocycles. The molecule has 3 N–H and O–H groups in total. The Hall–Kier alpha value is -1.92. The van der Waals surface area contributed by atoms with E-state index in [1.807, 2.05) is 0 Å². The van der Waals surface area contributed by atoms with Crippen LogP contribution in [0.1, 0.15) is 251 Å². The van der Waals surface area contributed by atoms with Crippen molar-refractivity contribution < 1.29 is 24.5 Å². The molecule has 0 saturated carbocycles. The average Bonchev–Trinajstić information content (AvgIpc) is 3.21. The van der Waals surface area contributed by atoms with Gasteiger partial charge >= 0.3 is 5.97 Å². The number of rotatable bonds is 45. The highest BCUT2D eigenvalue weighted by molar-refractivity contribution is 5.76. The van der Waals surface area contributed by atoms with Crippen LogP contribution in [-0.4, -0.2) is 47.4 Å². The van der Waals surface area contributed by atoms with Crippen LogP contribution >= 0.6 is 0 Å². The second kappa shape index (κ2) is 46.8. The van der Waals surface area contributed by atoms with Crippen molar-refractivity contribution in [2.24, 2.45) is 0 Å². The van der Waals surface area contributed by atoms with Crippen molar-refractivity contribution in [3.8, 4) is 0 Å². The Labute approximate surface area is 353 Å². The summed E-state index contributed by atoms with van der Waals surface area (Å²) in [5.74, 6) is -0.112. The highest BCUT2D eigenvalue weighted by atomic mass is 16.5. The largest absolute Gasteiger partial charge is 0.466 e. The highest BCUT2D eigenvalue weighted by Gasteiger charge is 2.20. The van der Waals surface area contributed by atoms with Gasteiger partial charge in [-0.2, -0.15) is 0 Å². The zero-order valence-electron chi connectivity index (χ0n) is 37.8. The minimum Gasteiger partial charge on any atom is -0.466 e. The lowest BCUT2D eigenvalue weighted by molar-refractivity contribution is -0.143. The van der Waals surface area contributed by atoms with Crippen LogP contribution in [0.25, 0.3) is 0 Å². The lowest BCUT2D eigenvalue weighted by atomic mass is 10.0. The van der Waals surface area contributed by atoms with Gasteiger partial charge in [-0.1, -0.05) is 198 Å². The van der Waals surface area contributed by atoms with E-state index in [9.17, 15) is 19.8 Å². The Morgan fingerprint density at radius 2 is 0.912 bits per heavy atom. The summed E-state index contributed by atoms with van der Waals surface area (Å²) < 4.78 is 5.41. The Morgan fingerprint density at radius 1 is 0.491 bits per heavy atom. The number of aliphatic hydroxyl groups excluding tert-OH is 2. The van der Waals surface area contributed by atoms with Gasteiger partial charge in [-0.25, -0.2) is 0 Å². The van der Waals surface area contributed by atoms with Gasteiger partial charge in [-0.15, -0.1) is 0 Å². The molecule has 0 rings (SSSR count). The third-order valence-electron chi connectivity index (χ3n) is 11.1. The number of carbonyl (C=O) groups excluding carboxylic acids is 2. The molecular weight excluding hydrogens is 707 g/mol. The second-order valence-electron chi connectivity index (χ2n) is 16.8. The van der Waals surface area contributed by atoms with E-state index in [0.717, 1.165) is 96.3 Å². The predicted molar refractivity (Wildman–Crippen MR) is 246 cm³/mol. The maximum absolute atomic E-state index is 12.4. The van der Waals surface area contributed by atoms with Crippen LogP contribution in [0.5, 0.6) is 0 Å². The summed E-state index contributed by atoms with van der Waals surface area (Å²) in [6.45, 7) is 4.80. The molecule has 0 bridgehead atoms. The minimum absolute atomic E-state index is 0.0470. The van der Waals surface area contributed by atoms with Gasteiger partial charge in [0.1, 0.15) is 0 Å². The standard InChI is InChI=1S/C51H95NO5/c1-3-5-7-9-11-13-15-17-18-19-21-23-27-31-35-39-43-49(54)48(47-53)52-50(55)44-40-36-32-28-24-22-26-30-34-38-42-46-57-51(56)45-41-37-33-29-25-20-16-14-12-10-8-6-4-2/h8,10,14,16,26,30,48-49,53-54H,3-7,9,11-13,15,17-25,27-29,31-47H2,1-2H3,(H,52,55)/b10-8-,16-14-,30-26-. The van der Waals surface area contributed by atoms with Gasteiger partial charge < -0.3 is 20.3 Å². The fourth-order valence-electron chi connectivity index (χ4n) is 7.32. The first kappa shape index (κ1) is 55.1. The molecule has 6 nitrogen and oxygen atoms in total. The van der Waals surface area contributed by atoms with Crippen LogP contribution in [0.15, 0.2) is 36.5 Å². The summed E-state index contributed by atoms with van der Waals surface area (Å²) in [5.41, 5.74) is 0. The predicted octanol–water partition coefficient (Wildman–Crippen LogP) is 14.5. The van der Waals surface area contributed by atoms with Gasteiger partial charge in [0.15, 0.2) is 0 Å². The van der Waals surface area contributed by atoms with Crippen molar-refractivity contribution in [3.63, 3.8) is 0 Å². The molecule has 6 heteroatoms. The number of hydrogen-bond acceptors (Lipinski definition) is 5. The number of allylic oxidation sites excluding steroid dienone is 6. The fraction of sp³-hybridized carbons (Fsp3) is 0.843. The van der Waals surface area contributed by atoms with Crippen molar-refractivity contribution in [3.05, 3.63) is 36.5 Å². The summed E-state index contributed by atoms with van der Waals surface area (Å²) in [4.78, 5) is 24.4. The van der Waals surface area contributed by atoms with Crippen molar-refractivity contribution in [1.82, 2.24) is 5.32 Å². The van der Waals surface area contributed by atoms with Crippen molar-refractivity contribution >= 4 is 11.9 Å². The molecule has 0 aromatic rings. The van der Waals surface area contributed by atoms with Crippen molar-refractivity contribution in [2.45, 2.75) is 264 Å². The molecule has 0 aliphatic carbocycles. The first-order valence-corrected chi connectivity index (χ1v) is 24.7. The molecule has 0 aliphatic heterocycles. The SMILES string of the molecule is CCC/C=C\C/C=C\CCCCCCCC(=O)OCCCC/C=C\CCCCCCCC(=O)NC(CO)C(O)CCCCCCCCCCCCCCCCCC. The Kier molecular flexibility index (Phi) is 45.2. The normalized spacial score (nSPS) is 13.0. The number of nitrogens with one attached hydrogen (secondary N) is 1. The van der Waals surface area contributed by atoms with Crippen LogP contribution in [0.4, 0.5) is 0 Å². The Morgan fingerprint density at radius 3 is 1.42 bits per heavy atom. The van der Waals surface area contributed by atoms with Crippen molar-refractivity contribution in [1.29, 1.82) is 0 Å². The van der Waals surface area contributed by atoms with E-state index in [2.05, 4.69) is 55.6 Å². The molecular formula is C51H95NO5. The van der Waals surface area contributed by atoms with Crippen LogP contribution in [0, 0.1) is 0 Å². The highest BCUT2D eigenvalue weighted by Crippen LogP contribution is 2.16. The van der Waals surface area contributed by atoms with Crippen LogP contribution in [0.3, 0.4) is 0 Å². The molecule has 0 radical (unpaired) electrons. The quantitative estimate of drug-likeness (QED) is 0.0324. The number of esters is 1. The number of unbranched alkanes of at least 4 members (excludes halogenated alkanes) is 28. The molecule has 0 saturated heterocycles. The zero-order valence-corrected chi connectivity index (χ0v) is 37.8. The molecule has 0 spiro atoms.